The van der Waals surface area contributed by atoms with Gasteiger partial charge in [-0.25, -0.2) is 4.79 Å². The van der Waals surface area contributed by atoms with Gasteiger partial charge in [0.1, 0.15) is 12.4 Å². The predicted molar refractivity (Wildman–Crippen MR) is 86.7 cm³/mol. The summed E-state index contributed by atoms with van der Waals surface area (Å²) in [5, 5.41) is 0. The van der Waals surface area contributed by atoms with E-state index >= 15 is 0 Å². The van der Waals surface area contributed by atoms with Crippen LogP contribution in [-0.4, -0.2) is 46.4 Å². The monoisotopic (exact) mass is 315 g/mol. The molecule has 0 radical (unpaired) electrons. The van der Waals surface area contributed by atoms with E-state index in [1.54, 1.807) is 23.4 Å². The van der Waals surface area contributed by atoms with Gasteiger partial charge >= 0.3 is 6.09 Å². The number of ketones is 1. The maximum atomic E-state index is 12.0. The van der Waals surface area contributed by atoms with Crippen molar-refractivity contribution in [2.45, 2.75) is 26.7 Å². The maximum Gasteiger partial charge on any atom is 0.410 e. The van der Waals surface area contributed by atoms with Crippen LogP contribution in [0.25, 0.3) is 5.57 Å². The molecular formula is C17H21N3O3. The molecule has 1 amide bonds. The molecular weight excluding hydrogens is 294 g/mol. The number of nitrogens with zero attached hydrogens (tertiary/aromatic N) is 3. The van der Waals surface area contributed by atoms with Gasteiger partial charge in [0.25, 0.3) is 0 Å². The number of Topliss-reactive ketones (excluding diaryl/α,β-unsaturated/α-hetero) is 1. The van der Waals surface area contributed by atoms with Crippen molar-refractivity contribution in [3.8, 4) is 0 Å². The van der Waals surface area contributed by atoms with Crippen molar-refractivity contribution < 1.29 is 14.3 Å². The molecule has 1 aromatic heterocycles. The molecule has 0 N–H and O–H groups in total. The molecule has 0 aliphatic carbocycles. The molecule has 1 aromatic rings. The third kappa shape index (κ3) is 4.48. The van der Waals surface area contributed by atoms with Crippen LogP contribution in [0.3, 0.4) is 0 Å². The second-order valence-corrected chi connectivity index (χ2v) is 5.57. The van der Waals surface area contributed by atoms with Crippen molar-refractivity contribution in [1.29, 1.82) is 0 Å². The number of aromatic nitrogens is 2. The van der Waals surface area contributed by atoms with E-state index in [4.69, 9.17) is 4.74 Å². The third-order valence-corrected chi connectivity index (χ3v) is 3.65. The van der Waals surface area contributed by atoms with Crippen LogP contribution in [0.2, 0.25) is 0 Å². The van der Waals surface area contributed by atoms with Gasteiger partial charge in [0.2, 0.25) is 0 Å². The molecule has 6 nitrogen and oxygen atoms in total. The smallest absolute Gasteiger partial charge is 0.410 e. The van der Waals surface area contributed by atoms with E-state index in [1.165, 1.54) is 12.5 Å². The van der Waals surface area contributed by atoms with Crippen LogP contribution < -0.4 is 0 Å². The molecule has 1 aliphatic rings. The first-order chi connectivity index (χ1) is 11.0. The molecule has 0 saturated carbocycles. The van der Waals surface area contributed by atoms with E-state index in [0.29, 0.717) is 18.8 Å². The van der Waals surface area contributed by atoms with E-state index in [0.717, 1.165) is 17.7 Å². The lowest BCUT2D eigenvalue weighted by molar-refractivity contribution is -0.116. The fraction of sp³-hybridized carbons (Fsp3) is 0.412. The van der Waals surface area contributed by atoms with Crippen LogP contribution in [0.5, 0.6) is 0 Å². The first-order valence-electron chi connectivity index (χ1n) is 7.53. The first kappa shape index (κ1) is 16.9. The number of hydrogen-bond donors (Lipinski definition) is 0. The minimum atomic E-state index is -0.351. The number of hydrogen-bond acceptors (Lipinski definition) is 5. The Morgan fingerprint density at radius 3 is 2.78 bits per heavy atom. The van der Waals surface area contributed by atoms with Gasteiger partial charge in [0.15, 0.2) is 0 Å². The third-order valence-electron chi connectivity index (χ3n) is 3.65. The Hall–Kier alpha value is -2.50. The van der Waals surface area contributed by atoms with Crippen LogP contribution in [0.1, 0.15) is 31.7 Å². The van der Waals surface area contributed by atoms with E-state index in [-0.39, 0.29) is 24.9 Å². The fourth-order valence-corrected chi connectivity index (χ4v) is 2.39. The zero-order valence-electron chi connectivity index (χ0n) is 13.5. The van der Waals surface area contributed by atoms with Crippen LogP contribution in [0, 0.1) is 0 Å². The number of amides is 1. The standard InChI is InChI=1S/C17H21N3O3/c1-4-7-23-17(22)20-6-5-12(2)15(11-20)16-10-18-14(9-19-16)8-13(3)21/h4,9-10H,1,5-8,11H2,2-3H3. The molecule has 1 aliphatic heterocycles. The molecule has 2 heterocycles. The highest BCUT2D eigenvalue weighted by Gasteiger charge is 2.23. The van der Waals surface area contributed by atoms with Crippen molar-refractivity contribution >= 4 is 17.4 Å². The summed E-state index contributed by atoms with van der Waals surface area (Å²) in [7, 11) is 0. The number of carbonyl (C=O) groups is 2. The fourth-order valence-electron chi connectivity index (χ4n) is 2.39. The predicted octanol–water partition coefficient (Wildman–Crippen LogP) is 2.41. The molecule has 2 rings (SSSR count). The molecule has 6 heteroatoms. The summed E-state index contributed by atoms with van der Waals surface area (Å²) >= 11 is 0. The van der Waals surface area contributed by atoms with E-state index in [2.05, 4.69) is 16.5 Å². The van der Waals surface area contributed by atoms with Gasteiger partial charge in [-0.15, -0.1) is 0 Å². The van der Waals surface area contributed by atoms with E-state index in [9.17, 15) is 9.59 Å². The zero-order chi connectivity index (χ0) is 16.8. The second-order valence-electron chi connectivity index (χ2n) is 5.57. The molecule has 122 valence electrons. The summed E-state index contributed by atoms with van der Waals surface area (Å²) in [6.45, 7) is 8.37. The Morgan fingerprint density at radius 2 is 2.17 bits per heavy atom. The lowest BCUT2D eigenvalue weighted by Crippen LogP contribution is -2.37. The largest absolute Gasteiger partial charge is 0.445 e. The SMILES string of the molecule is C=CCOC(=O)N1CCC(C)=C(c2cnc(CC(C)=O)cn2)C1. The minimum absolute atomic E-state index is 0.0521. The van der Waals surface area contributed by atoms with Crippen molar-refractivity contribution in [3.05, 3.63) is 42.0 Å². The van der Waals surface area contributed by atoms with Crippen molar-refractivity contribution in [1.82, 2.24) is 14.9 Å². The Balaban J connectivity index is 2.12. The van der Waals surface area contributed by atoms with E-state index < -0.39 is 0 Å². The maximum absolute atomic E-state index is 12.0. The quantitative estimate of drug-likeness (QED) is 0.780. The number of carbonyl (C=O) groups excluding carboxylic acids is 2. The minimum Gasteiger partial charge on any atom is -0.445 e. The molecule has 0 bridgehead atoms. The van der Waals surface area contributed by atoms with Gasteiger partial charge in [-0.1, -0.05) is 18.2 Å². The van der Waals surface area contributed by atoms with Crippen molar-refractivity contribution in [3.63, 3.8) is 0 Å². The summed E-state index contributed by atoms with van der Waals surface area (Å²) in [5.41, 5.74) is 3.55. The lowest BCUT2D eigenvalue weighted by Gasteiger charge is -2.28. The number of rotatable bonds is 5. The summed E-state index contributed by atoms with van der Waals surface area (Å²) < 4.78 is 5.09. The Bertz CT molecular complexity index is 635. The van der Waals surface area contributed by atoms with Gasteiger partial charge in [0, 0.05) is 19.2 Å². The first-order valence-corrected chi connectivity index (χ1v) is 7.53. The molecule has 0 unspecified atom stereocenters. The Morgan fingerprint density at radius 1 is 1.39 bits per heavy atom. The zero-order valence-corrected chi connectivity index (χ0v) is 13.5. The summed E-state index contributed by atoms with van der Waals surface area (Å²) in [6.07, 6.45) is 5.53. The molecule has 0 atom stereocenters. The topological polar surface area (TPSA) is 72.4 Å². The molecule has 0 saturated heterocycles. The summed E-state index contributed by atoms with van der Waals surface area (Å²) in [4.78, 5) is 33.4. The Kier molecular flexibility index (Phi) is 5.62. The number of ether oxygens (including phenoxy) is 1. The average Bonchev–Trinajstić information content (AvgIpc) is 2.53. The van der Waals surface area contributed by atoms with Gasteiger partial charge < -0.3 is 9.64 Å². The highest BCUT2D eigenvalue weighted by Crippen LogP contribution is 2.25. The van der Waals surface area contributed by atoms with Crippen LogP contribution >= 0.6 is 0 Å². The van der Waals surface area contributed by atoms with Crippen LogP contribution in [0.4, 0.5) is 4.79 Å². The van der Waals surface area contributed by atoms with Crippen molar-refractivity contribution in [2.24, 2.45) is 0 Å². The Labute approximate surface area is 135 Å². The molecule has 0 spiro atoms. The second kappa shape index (κ2) is 7.67. The normalized spacial score (nSPS) is 14.6. The van der Waals surface area contributed by atoms with Gasteiger partial charge in [-0.2, -0.15) is 0 Å². The van der Waals surface area contributed by atoms with Crippen LogP contribution in [0.15, 0.2) is 30.6 Å². The molecule has 0 aromatic carbocycles. The van der Waals surface area contributed by atoms with Gasteiger partial charge in [-0.05, 0) is 25.8 Å². The molecule has 0 fully saturated rings. The van der Waals surface area contributed by atoms with Gasteiger partial charge in [-0.3, -0.25) is 14.8 Å². The molecule has 23 heavy (non-hydrogen) atoms. The van der Waals surface area contributed by atoms with E-state index in [1.807, 2.05) is 6.92 Å². The lowest BCUT2D eigenvalue weighted by atomic mass is 9.99. The average molecular weight is 315 g/mol. The summed E-state index contributed by atoms with van der Waals surface area (Å²) in [6, 6.07) is 0. The summed E-state index contributed by atoms with van der Waals surface area (Å²) in [5.74, 6) is 0.0521. The van der Waals surface area contributed by atoms with Gasteiger partial charge in [0.05, 0.1) is 24.1 Å². The van der Waals surface area contributed by atoms with Crippen molar-refractivity contribution in [2.75, 3.05) is 19.7 Å². The highest BCUT2D eigenvalue weighted by molar-refractivity contribution is 5.78. The van der Waals surface area contributed by atoms with Crippen LogP contribution in [-0.2, 0) is 16.0 Å². The highest BCUT2D eigenvalue weighted by atomic mass is 16.6.